The summed E-state index contributed by atoms with van der Waals surface area (Å²) in [7, 11) is 0. The van der Waals surface area contributed by atoms with Gasteiger partial charge in [0.2, 0.25) is 5.88 Å². The smallest absolute Gasteiger partial charge is 0.218 e. The summed E-state index contributed by atoms with van der Waals surface area (Å²) in [4.78, 5) is 4.22. The van der Waals surface area contributed by atoms with Gasteiger partial charge in [0, 0.05) is 22.8 Å². The van der Waals surface area contributed by atoms with Gasteiger partial charge in [-0.05, 0) is 23.8 Å². The number of ether oxygens (including phenoxy) is 1. The van der Waals surface area contributed by atoms with Crippen LogP contribution in [0.5, 0.6) is 5.88 Å². The van der Waals surface area contributed by atoms with Crippen molar-refractivity contribution >= 4 is 15.9 Å². The van der Waals surface area contributed by atoms with Crippen molar-refractivity contribution in [1.82, 2.24) is 14.8 Å². The Hall–Kier alpha value is -2.65. The molecule has 0 unspecified atom stereocenters. The first kappa shape index (κ1) is 14.3. The van der Waals surface area contributed by atoms with Crippen LogP contribution in [0.4, 0.5) is 0 Å². The predicted octanol–water partition coefficient (Wildman–Crippen LogP) is 3.48. The Balaban J connectivity index is 1.82. The Morgan fingerprint density at radius 2 is 2.09 bits per heavy atom. The van der Waals surface area contributed by atoms with Crippen LogP contribution in [-0.4, -0.2) is 14.8 Å². The zero-order chi connectivity index (χ0) is 15.4. The summed E-state index contributed by atoms with van der Waals surface area (Å²) in [5.41, 5.74) is 1.57. The Morgan fingerprint density at radius 1 is 1.18 bits per heavy atom. The first-order valence-electron chi connectivity index (χ1n) is 6.54. The molecule has 22 heavy (non-hydrogen) atoms. The third kappa shape index (κ3) is 3.15. The van der Waals surface area contributed by atoms with Gasteiger partial charge in [-0.25, -0.2) is 4.98 Å². The summed E-state index contributed by atoms with van der Waals surface area (Å²) in [6.07, 6.45) is 3.21. The second kappa shape index (κ2) is 6.41. The fourth-order valence-corrected chi connectivity index (χ4v) is 2.41. The summed E-state index contributed by atoms with van der Waals surface area (Å²) in [5, 5.41) is 13.2. The average molecular weight is 355 g/mol. The van der Waals surface area contributed by atoms with Crippen molar-refractivity contribution in [2.45, 2.75) is 6.61 Å². The molecule has 0 N–H and O–H groups in total. The maximum absolute atomic E-state index is 8.96. The molecule has 0 radical (unpaired) electrons. The minimum Gasteiger partial charge on any atom is -0.473 e. The number of benzene rings is 1. The van der Waals surface area contributed by atoms with Gasteiger partial charge in [-0.2, -0.15) is 15.0 Å². The van der Waals surface area contributed by atoms with E-state index in [1.807, 2.05) is 24.3 Å². The van der Waals surface area contributed by atoms with Crippen molar-refractivity contribution < 1.29 is 4.74 Å². The maximum Gasteiger partial charge on any atom is 0.218 e. The number of aromatic nitrogens is 3. The van der Waals surface area contributed by atoms with Crippen LogP contribution >= 0.6 is 15.9 Å². The fraction of sp³-hybridized carbons (Fsp3) is 0.0625. The van der Waals surface area contributed by atoms with E-state index in [-0.39, 0.29) is 0 Å². The molecule has 0 aliphatic carbocycles. The molecule has 3 aromatic rings. The van der Waals surface area contributed by atoms with Crippen LogP contribution in [-0.2, 0) is 6.61 Å². The highest BCUT2D eigenvalue weighted by Crippen LogP contribution is 2.18. The van der Waals surface area contributed by atoms with Crippen LogP contribution in [0.2, 0.25) is 0 Å². The zero-order valence-electron chi connectivity index (χ0n) is 11.5. The van der Waals surface area contributed by atoms with Gasteiger partial charge in [0.1, 0.15) is 6.61 Å². The van der Waals surface area contributed by atoms with Crippen molar-refractivity contribution in [3.8, 4) is 17.8 Å². The van der Waals surface area contributed by atoms with Crippen LogP contribution in [0.25, 0.3) is 5.82 Å². The predicted molar refractivity (Wildman–Crippen MR) is 84.5 cm³/mol. The molecule has 0 atom stereocenters. The normalized spacial score (nSPS) is 10.2. The highest BCUT2D eigenvalue weighted by atomic mass is 79.9. The highest BCUT2D eigenvalue weighted by Gasteiger charge is 2.08. The zero-order valence-corrected chi connectivity index (χ0v) is 13.1. The SMILES string of the molecule is N#Cc1ccnc(-n2nccc2OCc2cccc(Br)c2)c1. The largest absolute Gasteiger partial charge is 0.473 e. The molecule has 0 spiro atoms. The van der Waals surface area contributed by atoms with Crippen molar-refractivity contribution in [3.63, 3.8) is 0 Å². The van der Waals surface area contributed by atoms with Gasteiger partial charge in [0.05, 0.1) is 17.8 Å². The van der Waals surface area contributed by atoms with E-state index in [0.29, 0.717) is 23.9 Å². The molecule has 0 fully saturated rings. The third-order valence-electron chi connectivity index (χ3n) is 2.98. The molecule has 1 aromatic carbocycles. The molecule has 5 nitrogen and oxygen atoms in total. The molecular formula is C16H11BrN4O. The fourth-order valence-electron chi connectivity index (χ4n) is 1.96. The quantitative estimate of drug-likeness (QED) is 0.719. The van der Waals surface area contributed by atoms with E-state index in [1.165, 1.54) is 0 Å². The molecule has 0 saturated carbocycles. The molecule has 0 aliphatic heterocycles. The van der Waals surface area contributed by atoms with Gasteiger partial charge in [0.15, 0.2) is 5.82 Å². The standard InChI is InChI=1S/C16H11BrN4O/c17-14-3-1-2-13(8-14)11-22-16-5-7-20-21(16)15-9-12(10-18)4-6-19-15/h1-9H,11H2. The van der Waals surface area contributed by atoms with Gasteiger partial charge in [-0.3, -0.25) is 0 Å². The van der Waals surface area contributed by atoms with E-state index >= 15 is 0 Å². The Morgan fingerprint density at radius 3 is 2.91 bits per heavy atom. The second-order valence-corrected chi connectivity index (χ2v) is 5.43. The van der Waals surface area contributed by atoms with E-state index in [0.717, 1.165) is 10.0 Å². The van der Waals surface area contributed by atoms with E-state index in [4.69, 9.17) is 10.00 Å². The summed E-state index contributed by atoms with van der Waals surface area (Å²) in [6, 6.07) is 15.1. The number of halogens is 1. The van der Waals surface area contributed by atoms with Crippen LogP contribution in [0.1, 0.15) is 11.1 Å². The van der Waals surface area contributed by atoms with Crippen LogP contribution < -0.4 is 4.74 Å². The van der Waals surface area contributed by atoms with E-state index in [1.54, 1.807) is 35.3 Å². The molecule has 0 saturated heterocycles. The van der Waals surface area contributed by atoms with E-state index < -0.39 is 0 Å². The Kier molecular flexibility index (Phi) is 4.17. The molecule has 108 valence electrons. The highest BCUT2D eigenvalue weighted by molar-refractivity contribution is 9.10. The lowest BCUT2D eigenvalue weighted by Gasteiger charge is -2.09. The number of hydrogen-bond acceptors (Lipinski definition) is 4. The van der Waals surface area contributed by atoms with Gasteiger partial charge >= 0.3 is 0 Å². The van der Waals surface area contributed by atoms with Crippen molar-refractivity contribution in [1.29, 1.82) is 5.26 Å². The average Bonchev–Trinajstić information content (AvgIpc) is 3.01. The first-order valence-corrected chi connectivity index (χ1v) is 7.33. The molecular weight excluding hydrogens is 344 g/mol. The molecule has 2 heterocycles. The van der Waals surface area contributed by atoms with Crippen LogP contribution in [0.3, 0.4) is 0 Å². The molecule has 6 heteroatoms. The molecule has 0 aliphatic rings. The number of rotatable bonds is 4. The third-order valence-corrected chi connectivity index (χ3v) is 3.47. The van der Waals surface area contributed by atoms with Crippen LogP contribution in [0.15, 0.2) is 59.3 Å². The van der Waals surface area contributed by atoms with Gasteiger partial charge in [-0.1, -0.05) is 28.1 Å². The topological polar surface area (TPSA) is 63.7 Å². The van der Waals surface area contributed by atoms with Crippen molar-refractivity contribution in [2.75, 3.05) is 0 Å². The summed E-state index contributed by atoms with van der Waals surface area (Å²) >= 11 is 3.43. The van der Waals surface area contributed by atoms with Crippen molar-refractivity contribution in [2.24, 2.45) is 0 Å². The number of nitrogens with zero attached hydrogens (tertiary/aromatic N) is 4. The maximum atomic E-state index is 8.96. The van der Waals surface area contributed by atoms with E-state index in [2.05, 4.69) is 32.1 Å². The number of pyridine rings is 1. The summed E-state index contributed by atoms with van der Waals surface area (Å²) in [5.74, 6) is 1.12. The Labute approximate surface area is 135 Å². The Bertz CT molecular complexity index is 838. The lowest BCUT2D eigenvalue weighted by atomic mass is 10.2. The second-order valence-electron chi connectivity index (χ2n) is 4.51. The van der Waals surface area contributed by atoms with Gasteiger partial charge < -0.3 is 4.74 Å². The minimum atomic E-state index is 0.420. The lowest BCUT2D eigenvalue weighted by Crippen LogP contribution is -2.05. The molecule has 0 bridgehead atoms. The first-order chi connectivity index (χ1) is 10.8. The number of nitriles is 1. The van der Waals surface area contributed by atoms with Crippen LogP contribution in [0, 0.1) is 11.3 Å². The minimum absolute atomic E-state index is 0.420. The van der Waals surface area contributed by atoms with Gasteiger partial charge in [0.25, 0.3) is 0 Å². The molecule has 2 aromatic heterocycles. The summed E-state index contributed by atoms with van der Waals surface area (Å²) < 4.78 is 8.38. The number of hydrogen-bond donors (Lipinski definition) is 0. The van der Waals surface area contributed by atoms with Crippen molar-refractivity contribution in [3.05, 3.63) is 70.5 Å². The van der Waals surface area contributed by atoms with Gasteiger partial charge in [-0.15, -0.1) is 0 Å². The molecule has 0 amide bonds. The molecule has 3 rings (SSSR count). The summed E-state index contributed by atoms with van der Waals surface area (Å²) in [6.45, 7) is 0.420. The monoisotopic (exact) mass is 354 g/mol. The lowest BCUT2D eigenvalue weighted by molar-refractivity contribution is 0.284. The van der Waals surface area contributed by atoms with E-state index in [9.17, 15) is 0 Å².